The molecule has 3 rings (SSSR count). The van der Waals surface area contributed by atoms with Crippen LogP contribution in [0.15, 0.2) is 48.5 Å². The molecule has 0 aromatic heterocycles. The van der Waals surface area contributed by atoms with E-state index in [2.05, 4.69) is 5.32 Å². The molecule has 1 amide bonds. The van der Waals surface area contributed by atoms with Gasteiger partial charge in [0.25, 0.3) is 5.91 Å². The van der Waals surface area contributed by atoms with Crippen molar-refractivity contribution in [2.75, 3.05) is 32.1 Å². The smallest absolute Gasteiger partial charge is 0.306 e. The average Bonchev–Trinajstić information content (AvgIpc) is 2.68. The molecule has 1 unspecified atom stereocenters. The van der Waals surface area contributed by atoms with Gasteiger partial charge in [0.2, 0.25) is 0 Å². The van der Waals surface area contributed by atoms with Crippen molar-refractivity contribution < 1.29 is 24.2 Å². The first-order valence-corrected chi connectivity index (χ1v) is 8.69. The number of aliphatic carboxylic acids is 1. The van der Waals surface area contributed by atoms with Gasteiger partial charge >= 0.3 is 5.97 Å². The van der Waals surface area contributed by atoms with Crippen molar-refractivity contribution in [3.63, 3.8) is 0 Å². The third-order valence-corrected chi connectivity index (χ3v) is 4.35. The fourth-order valence-corrected chi connectivity index (χ4v) is 3.00. The number of hydrogen-bond donors (Lipinski definition) is 2. The number of carboxylic acid groups (broad SMARTS) is 1. The van der Waals surface area contributed by atoms with Crippen LogP contribution in [0, 0.1) is 0 Å². The molecule has 1 fully saturated rings. The van der Waals surface area contributed by atoms with E-state index < -0.39 is 12.1 Å². The van der Waals surface area contributed by atoms with E-state index in [0.717, 1.165) is 11.4 Å². The zero-order chi connectivity index (χ0) is 19.2. The number of ether oxygens (including phenoxy) is 2. The second-order valence-corrected chi connectivity index (χ2v) is 6.24. The Morgan fingerprint density at radius 1 is 1.22 bits per heavy atom. The molecule has 1 aliphatic rings. The first kappa shape index (κ1) is 18.7. The van der Waals surface area contributed by atoms with Crippen LogP contribution in [0.1, 0.15) is 16.8 Å². The van der Waals surface area contributed by atoms with Gasteiger partial charge in [-0.15, -0.1) is 0 Å². The van der Waals surface area contributed by atoms with E-state index in [1.807, 2.05) is 42.5 Å². The van der Waals surface area contributed by atoms with Gasteiger partial charge in [-0.25, -0.2) is 0 Å². The molecule has 7 heteroatoms. The summed E-state index contributed by atoms with van der Waals surface area (Å²) in [5.74, 6) is -0.330. The molecule has 1 heterocycles. The molecular weight excluding hydrogens is 348 g/mol. The van der Waals surface area contributed by atoms with Gasteiger partial charge in [0, 0.05) is 18.8 Å². The molecule has 0 radical (unpaired) electrons. The molecule has 0 spiro atoms. The van der Waals surface area contributed by atoms with Gasteiger partial charge in [-0.3, -0.25) is 9.59 Å². The number of methoxy groups -OCH3 is 1. The summed E-state index contributed by atoms with van der Waals surface area (Å²) in [5, 5.41) is 12.2. The number of carbonyl (C=O) groups excluding carboxylic acids is 1. The van der Waals surface area contributed by atoms with Gasteiger partial charge < -0.3 is 24.8 Å². The van der Waals surface area contributed by atoms with E-state index in [1.54, 1.807) is 18.1 Å². The molecule has 142 valence electrons. The molecule has 0 bridgehead atoms. The van der Waals surface area contributed by atoms with Crippen LogP contribution in [-0.4, -0.2) is 54.8 Å². The highest BCUT2D eigenvalue weighted by atomic mass is 16.5. The Balaban J connectivity index is 1.76. The normalized spacial score (nSPS) is 16.6. The molecule has 0 aliphatic carbocycles. The van der Waals surface area contributed by atoms with Crippen LogP contribution in [-0.2, 0) is 9.53 Å². The summed E-state index contributed by atoms with van der Waals surface area (Å²) in [6.07, 6.45) is -0.600. The van der Waals surface area contributed by atoms with Crippen LogP contribution in [0.5, 0.6) is 5.75 Å². The van der Waals surface area contributed by atoms with E-state index in [-0.39, 0.29) is 18.9 Å². The monoisotopic (exact) mass is 370 g/mol. The number of hydrogen-bond acceptors (Lipinski definition) is 5. The molecular formula is C20H22N2O5. The number of amides is 1. The van der Waals surface area contributed by atoms with Gasteiger partial charge in [-0.05, 0) is 36.4 Å². The molecule has 1 saturated heterocycles. The van der Waals surface area contributed by atoms with Crippen LogP contribution < -0.4 is 10.1 Å². The van der Waals surface area contributed by atoms with E-state index in [9.17, 15) is 9.59 Å². The maximum Gasteiger partial charge on any atom is 0.306 e. The lowest BCUT2D eigenvalue weighted by Crippen LogP contribution is -2.46. The van der Waals surface area contributed by atoms with E-state index in [1.165, 1.54) is 0 Å². The quantitative estimate of drug-likeness (QED) is 0.813. The molecule has 1 atom stereocenters. The van der Waals surface area contributed by atoms with E-state index in [0.29, 0.717) is 24.4 Å². The molecule has 2 aromatic rings. The third-order valence-electron chi connectivity index (χ3n) is 4.35. The average molecular weight is 370 g/mol. The SMILES string of the molecule is COc1ccc(Nc2ccccc2C(=O)N2CCOC(CC(=O)O)C2)cc1. The zero-order valence-corrected chi connectivity index (χ0v) is 15.1. The summed E-state index contributed by atoms with van der Waals surface area (Å²) in [6, 6.07) is 14.7. The maximum atomic E-state index is 13.0. The van der Waals surface area contributed by atoms with Crippen LogP contribution in [0.25, 0.3) is 0 Å². The van der Waals surface area contributed by atoms with Crippen LogP contribution in [0.3, 0.4) is 0 Å². The van der Waals surface area contributed by atoms with Crippen molar-refractivity contribution in [3.8, 4) is 5.75 Å². The second kappa shape index (κ2) is 8.55. The molecule has 7 nitrogen and oxygen atoms in total. The Hall–Kier alpha value is -3.06. The number of benzene rings is 2. The Morgan fingerprint density at radius 2 is 1.96 bits per heavy atom. The van der Waals surface area contributed by atoms with Crippen molar-refractivity contribution in [1.29, 1.82) is 0 Å². The minimum atomic E-state index is -0.934. The fraction of sp³-hybridized carbons (Fsp3) is 0.300. The van der Waals surface area contributed by atoms with Crippen LogP contribution in [0.4, 0.5) is 11.4 Å². The van der Waals surface area contributed by atoms with Gasteiger partial charge in [0.15, 0.2) is 0 Å². The van der Waals surface area contributed by atoms with E-state index in [4.69, 9.17) is 14.6 Å². The molecule has 2 N–H and O–H groups in total. The van der Waals surface area contributed by atoms with Crippen molar-refractivity contribution in [2.24, 2.45) is 0 Å². The number of rotatable bonds is 6. The highest BCUT2D eigenvalue weighted by molar-refractivity contribution is 6.00. The standard InChI is InChI=1S/C20H22N2O5/c1-26-15-8-6-14(7-9-15)21-18-5-3-2-4-17(18)20(25)22-10-11-27-16(13-22)12-19(23)24/h2-9,16,21H,10-13H2,1H3,(H,23,24). The Bertz CT molecular complexity index is 806. The van der Waals surface area contributed by atoms with Crippen molar-refractivity contribution in [1.82, 2.24) is 4.90 Å². The minimum Gasteiger partial charge on any atom is -0.497 e. The Morgan fingerprint density at radius 3 is 2.67 bits per heavy atom. The summed E-state index contributed by atoms with van der Waals surface area (Å²) in [7, 11) is 1.61. The summed E-state index contributed by atoms with van der Waals surface area (Å²) < 4.78 is 10.6. The summed E-state index contributed by atoms with van der Waals surface area (Å²) >= 11 is 0. The number of carbonyl (C=O) groups is 2. The Kier molecular flexibility index (Phi) is 5.93. The number of anilines is 2. The number of nitrogens with zero attached hydrogens (tertiary/aromatic N) is 1. The predicted octanol–water partition coefficient (Wildman–Crippen LogP) is 2.75. The number of para-hydroxylation sites is 1. The number of morpholine rings is 1. The first-order valence-electron chi connectivity index (χ1n) is 8.69. The zero-order valence-electron chi connectivity index (χ0n) is 15.1. The lowest BCUT2D eigenvalue weighted by molar-refractivity contribution is -0.141. The summed E-state index contributed by atoms with van der Waals surface area (Å²) in [4.78, 5) is 25.6. The maximum absolute atomic E-state index is 13.0. The molecule has 0 saturated carbocycles. The summed E-state index contributed by atoms with van der Waals surface area (Å²) in [5.41, 5.74) is 2.06. The van der Waals surface area contributed by atoms with Crippen molar-refractivity contribution >= 4 is 23.3 Å². The minimum absolute atomic E-state index is 0.116. The van der Waals surface area contributed by atoms with Gasteiger partial charge in [-0.2, -0.15) is 0 Å². The Labute approximate surface area is 157 Å². The lowest BCUT2D eigenvalue weighted by atomic mass is 10.1. The van der Waals surface area contributed by atoms with E-state index >= 15 is 0 Å². The van der Waals surface area contributed by atoms with Gasteiger partial charge in [-0.1, -0.05) is 12.1 Å². The highest BCUT2D eigenvalue weighted by Crippen LogP contribution is 2.24. The van der Waals surface area contributed by atoms with Gasteiger partial charge in [0.05, 0.1) is 37.5 Å². The molecule has 2 aromatic carbocycles. The van der Waals surface area contributed by atoms with Crippen LogP contribution >= 0.6 is 0 Å². The van der Waals surface area contributed by atoms with Crippen LogP contribution in [0.2, 0.25) is 0 Å². The number of nitrogens with one attached hydrogen (secondary N) is 1. The lowest BCUT2D eigenvalue weighted by Gasteiger charge is -2.32. The topological polar surface area (TPSA) is 88.1 Å². The molecule has 27 heavy (non-hydrogen) atoms. The predicted molar refractivity (Wildman–Crippen MR) is 101 cm³/mol. The van der Waals surface area contributed by atoms with Gasteiger partial charge in [0.1, 0.15) is 5.75 Å². The first-order chi connectivity index (χ1) is 13.1. The van der Waals surface area contributed by atoms with Crippen molar-refractivity contribution in [3.05, 3.63) is 54.1 Å². The van der Waals surface area contributed by atoms with Crippen molar-refractivity contribution in [2.45, 2.75) is 12.5 Å². The summed E-state index contributed by atoms with van der Waals surface area (Å²) in [6.45, 7) is 1.03. The fourth-order valence-electron chi connectivity index (χ4n) is 3.00. The largest absolute Gasteiger partial charge is 0.497 e. The highest BCUT2D eigenvalue weighted by Gasteiger charge is 2.27. The number of carboxylic acids is 1. The second-order valence-electron chi connectivity index (χ2n) is 6.24. The molecule has 1 aliphatic heterocycles. The third kappa shape index (κ3) is 4.77.